The van der Waals surface area contributed by atoms with Crippen molar-refractivity contribution in [3.8, 4) is 22.6 Å². The van der Waals surface area contributed by atoms with E-state index in [9.17, 15) is 35.1 Å². The molecule has 2 nitrogen and oxygen atoms in total. The minimum atomic E-state index is -5.12. The summed E-state index contributed by atoms with van der Waals surface area (Å²) < 4.78 is 118. The van der Waals surface area contributed by atoms with E-state index < -0.39 is 47.0 Å². The second-order valence-electron chi connectivity index (χ2n) is 9.71. The molecule has 0 N–H and O–H groups in total. The van der Waals surface area contributed by atoms with Crippen molar-refractivity contribution in [3.05, 3.63) is 83.2 Å². The van der Waals surface area contributed by atoms with E-state index in [1.165, 1.54) is 6.07 Å². The van der Waals surface area contributed by atoms with E-state index in [4.69, 9.17) is 0 Å². The van der Waals surface area contributed by atoms with E-state index >= 15 is 0 Å². The van der Waals surface area contributed by atoms with Gasteiger partial charge in [0.2, 0.25) is 0 Å². The highest BCUT2D eigenvalue weighted by atomic mass is 19.4. The molecule has 0 amide bonds. The van der Waals surface area contributed by atoms with Crippen LogP contribution >= 0.6 is 0 Å². The highest BCUT2D eigenvalue weighted by Gasteiger charge is 2.38. The Hall–Kier alpha value is -3.30. The fourth-order valence-electron chi connectivity index (χ4n) is 5.03. The van der Waals surface area contributed by atoms with Gasteiger partial charge in [-0.25, -0.2) is 13.2 Å². The lowest BCUT2D eigenvalue weighted by molar-refractivity contribution is -0.275. The van der Waals surface area contributed by atoms with Crippen LogP contribution in [0.5, 0.6) is 11.5 Å². The van der Waals surface area contributed by atoms with E-state index in [0.717, 1.165) is 68.9 Å². The summed E-state index contributed by atoms with van der Waals surface area (Å²) in [6.07, 6.45) is -3.15. The van der Waals surface area contributed by atoms with E-state index in [1.54, 1.807) is 0 Å². The van der Waals surface area contributed by atoms with E-state index in [0.29, 0.717) is 29.7 Å². The third kappa shape index (κ3) is 7.02. The molecule has 1 aliphatic rings. The number of alkyl halides is 5. The summed E-state index contributed by atoms with van der Waals surface area (Å²) in [5, 5.41) is 0. The molecule has 0 heterocycles. The van der Waals surface area contributed by atoms with Gasteiger partial charge in [0, 0.05) is 11.6 Å². The molecule has 39 heavy (non-hydrogen) atoms. The van der Waals surface area contributed by atoms with Crippen LogP contribution in [0.25, 0.3) is 11.1 Å². The Balaban J connectivity index is 1.47. The van der Waals surface area contributed by atoms with Gasteiger partial charge in [0.05, 0.1) is 5.56 Å². The molecular formula is C29H26F8O2. The van der Waals surface area contributed by atoms with Gasteiger partial charge in [-0.05, 0) is 78.6 Å². The van der Waals surface area contributed by atoms with Crippen molar-refractivity contribution < 1.29 is 44.6 Å². The molecule has 1 saturated carbocycles. The molecule has 2 unspecified atom stereocenters. The number of rotatable bonds is 9. The fourth-order valence-corrected chi connectivity index (χ4v) is 5.03. The van der Waals surface area contributed by atoms with Crippen LogP contribution in [0.2, 0.25) is 0 Å². The maximum Gasteiger partial charge on any atom is 0.573 e. The topological polar surface area (TPSA) is 18.5 Å². The monoisotopic (exact) mass is 558 g/mol. The predicted molar refractivity (Wildman–Crippen MR) is 129 cm³/mol. The van der Waals surface area contributed by atoms with Crippen LogP contribution in [-0.2, 0) is 6.11 Å². The Kier molecular flexibility index (Phi) is 8.42. The number of hydrogen-bond acceptors (Lipinski definition) is 2. The summed E-state index contributed by atoms with van der Waals surface area (Å²) in [7, 11) is 0. The number of hydrogen-bond donors (Lipinski definition) is 0. The molecule has 0 aromatic heterocycles. The Morgan fingerprint density at radius 1 is 0.795 bits per heavy atom. The van der Waals surface area contributed by atoms with E-state index in [1.807, 2.05) is 0 Å². The minimum absolute atomic E-state index is 0.102. The molecule has 1 fully saturated rings. The Morgan fingerprint density at radius 3 is 2.21 bits per heavy atom. The van der Waals surface area contributed by atoms with E-state index in [-0.39, 0.29) is 17.0 Å². The van der Waals surface area contributed by atoms with Gasteiger partial charge in [-0.1, -0.05) is 38.3 Å². The van der Waals surface area contributed by atoms with Crippen LogP contribution in [0.15, 0.2) is 54.6 Å². The molecule has 3 aromatic carbocycles. The largest absolute Gasteiger partial charge is 0.573 e. The number of halogens is 8. The molecule has 0 saturated heterocycles. The van der Waals surface area contributed by atoms with Crippen molar-refractivity contribution in [2.45, 2.75) is 63.8 Å². The smallest absolute Gasteiger partial charge is 0.429 e. The first-order valence-corrected chi connectivity index (χ1v) is 12.6. The molecule has 3 aromatic rings. The molecule has 0 aliphatic heterocycles. The van der Waals surface area contributed by atoms with Gasteiger partial charge in [-0.2, -0.15) is 8.78 Å². The number of ether oxygens (including phenoxy) is 2. The predicted octanol–water partition coefficient (Wildman–Crippen LogP) is 9.87. The summed E-state index contributed by atoms with van der Waals surface area (Å²) in [6, 6.07) is 8.35. The number of benzene rings is 3. The second-order valence-corrected chi connectivity index (χ2v) is 9.71. The van der Waals surface area contributed by atoms with Gasteiger partial charge in [-0.3, -0.25) is 0 Å². The average Bonchev–Trinajstić information content (AvgIpc) is 3.32. The van der Waals surface area contributed by atoms with Gasteiger partial charge in [-0.15, -0.1) is 13.2 Å². The summed E-state index contributed by atoms with van der Waals surface area (Å²) in [4.78, 5) is 0. The van der Waals surface area contributed by atoms with Crippen molar-refractivity contribution in [3.63, 3.8) is 0 Å². The first-order valence-electron chi connectivity index (χ1n) is 12.6. The fraction of sp³-hybridized carbons (Fsp3) is 0.379. The van der Waals surface area contributed by atoms with Crippen molar-refractivity contribution in [2.75, 3.05) is 0 Å². The van der Waals surface area contributed by atoms with Gasteiger partial charge < -0.3 is 9.47 Å². The van der Waals surface area contributed by atoms with E-state index in [2.05, 4.69) is 16.4 Å². The first-order chi connectivity index (χ1) is 18.4. The molecule has 2 atom stereocenters. The third-order valence-electron chi connectivity index (χ3n) is 6.94. The lowest BCUT2D eigenvalue weighted by Gasteiger charge is -2.20. The summed E-state index contributed by atoms with van der Waals surface area (Å²) >= 11 is 0. The van der Waals surface area contributed by atoms with Crippen LogP contribution in [-0.4, -0.2) is 6.36 Å². The Bertz CT molecular complexity index is 1300. The Morgan fingerprint density at radius 2 is 1.56 bits per heavy atom. The minimum Gasteiger partial charge on any atom is -0.429 e. The highest BCUT2D eigenvalue weighted by Crippen LogP contribution is 2.42. The van der Waals surface area contributed by atoms with Gasteiger partial charge >= 0.3 is 12.5 Å². The zero-order chi connectivity index (χ0) is 28.4. The third-order valence-corrected chi connectivity index (χ3v) is 6.94. The maximum atomic E-state index is 14.9. The molecule has 0 bridgehead atoms. The Labute approximate surface area is 220 Å². The summed E-state index contributed by atoms with van der Waals surface area (Å²) in [5.41, 5.74) is -0.797. The molecule has 210 valence electrons. The zero-order valence-electron chi connectivity index (χ0n) is 20.9. The standard InChI is InChI=1S/C29H26F8O2/c1-2-3-4-17-5-6-18(13-17)19-7-11-23(25(31)14-19)28(33,34)38-21-9-10-22(24(30)16-21)20-8-12-27(26(32)15-20)39-29(35,36)37/h7-12,14-18H,2-6,13H2,1H3. The van der Waals surface area contributed by atoms with Gasteiger partial charge in [0.1, 0.15) is 17.4 Å². The molecule has 10 heteroatoms. The van der Waals surface area contributed by atoms with Crippen molar-refractivity contribution in [1.29, 1.82) is 0 Å². The van der Waals surface area contributed by atoms with Gasteiger partial charge in [0.15, 0.2) is 11.6 Å². The normalized spacial score (nSPS) is 17.9. The lowest BCUT2D eigenvalue weighted by atomic mass is 9.93. The molecular weight excluding hydrogens is 532 g/mol. The van der Waals surface area contributed by atoms with Crippen LogP contribution in [0, 0.1) is 23.4 Å². The lowest BCUT2D eigenvalue weighted by Crippen LogP contribution is -2.23. The molecule has 1 aliphatic carbocycles. The maximum absolute atomic E-state index is 14.9. The molecule has 0 spiro atoms. The van der Waals surface area contributed by atoms with Crippen LogP contribution in [0.3, 0.4) is 0 Å². The van der Waals surface area contributed by atoms with Crippen molar-refractivity contribution in [1.82, 2.24) is 0 Å². The molecule has 0 radical (unpaired) electrons. The summed E-state index contributed by atoms with van der Waals surface area (Å²) in [5.74, 6) is -4.73. The van der Waals surface area contributed by atoms with Crippen LogP contribution in [0.4, 0.5) is 35.1 Å². The van der Waals surface area contributed by atoms with Crippen molar-refractivity contribution >= 4 is 0 Å². The average molecular weight is 559 g/mol. The zero-order valence-corrected chi connectivity index (χ0v) is 20.9. The quantitative estimate of drug-likeness (QED) is 0.243. The second kappa shape index (κ2) is 11.4. The number of unbranched alkanes of at least 4 members (excludes halogenated alkanes) is 1. The first kappa shape index (κ1) is 28.7. The van der Waals surface area contributed by atoms with Gasteiger partial charge in [0.25, 0.3) is 0 Å². The summed E-state index contributed by atoms with van der Waals surface area (Å²) in [6.45, 7) is 2.12. The van der Waals surface area contributed by atoms with Crippen LogP contribution in [0.1, 0.15) is 62.5 Å². The SMILES string of the molecule is CCCCC1CCC(c2ccc(C(F)(F)Oc3ccc(-c4ccc(OC(F)(F)F)c(F)c4)c(F)c3)c(F)c2)C1. The molecule has 4 rings (SSSR count). The van der Waals surface area contributed by atoms with Crippen molar-refractivity contribution in [2.24, 2.45) is 5.92 Å². The van der Waals surface area contributed by atoms with Crippen LogP contribution < -0.4 is 9.47 Å². The highest BCUT2D eigenvalue weighted by molar-refractivity contribution is 5.66.